The fraction of sp³-hybridized carbons (Fsp3) is 0.0870. The van der Waals surface area contributed by atoms with Crippen LogP contribution in [0.5, 0.6) is 5.75 Å². The lowest BCUT2D eigenvalue weighted by molar-refractivity contribution is -0.255. The van der Waals surface area contributed by atoms with Crippen molar-refractivity contribution in [3.05, 3.63) is 78.4 Å². The van der Waals surface area contributed by atoms with E-state index >= 15 is 0 Å². The van der Waals surface area contributed by atoms with Gasteiger partial charge in [-0.25, -0.2) is 0 Å². The van der Waals surface area contributed by atoms with Crippen molar-refractivity contribution in [3.8, 4) is 16.9 Å². The van der Waals surface area contributed by atoms with E-state index in [9.17, 15) is 31.9 Å². The van der Waals surface area contributed by atoms with Crippen LogP contribution in [0, 0.1) is 0 Å². The minimum atomic E-state index is -6.08. The molecule has 1 N–H and O–H groups in total. The van der Waals surface area contributed by atoms with Crippen molar-refractivity contribution in [1.29, 1.82) is 0 Å². The molecule has 0 amide bonds. The number of hydrogen-bond donors (Lipinski definition) is 1. The molecule has 0 heterocycles. The molecule has 0 aliphatic heterocycles. The number of hydrogen-bond acceptors (Lipinski definition) is 2. The van der Waals surface area contributed by atoms with Crippen molar-refractivity contribution >= 4 is 27.3 Å². The first kappa shape index (κ1) is 19.8. The van der Waals surface area contributed by atoms with Crippen molar-refractivity contribution in [2.75, 3.05) is 0 Å². The third kappa shape index (κ3) is 2.98. The Balaban J connectivity index is 2.08. The van der Waals surface area contributed by atoms with E-state index in [1.807, 2.05) is 0 Å². The molecule has 0 atom stereocenters. The van der Waals surface area contributed by atoms with E-state index in [-0.39, 0.29) is 10.9 Å². The van der Waals surface area contributed by atoms with Gasteiger partial charge >= 0.3 is 12.1 Å². The molecule has 0 radical (unpaired) electrons. The van der Waals surface area contributed by atoms with E-state index in [1.54, 1.807) is 60.7 Å². The Bertz CT molecular complexity index is 1290. The van der Waals surface area contributed by atoms with Crippen molar-refractivity contribution in [1.82, 2.24) is 0 Å². The van der Waals surface area contributed by atoms with Crippen LogP contribution in [-0.4, -0.2) is 23.0 Å². The first-order valence-electron chi connectivity index (χ1n) is 8.85. The highest BCUT2D eigenvalue weighted by atomic mass is 19.4. The molecule has 0 aromatic heterocycles. The Morgan fingerprint density at radius 1 is 0.733 bits per heavy atom. The van der Waals surface area contributed by atoms with Gasteiger partial charge in [-0.05, 0) is 33.2 Å². The average Bonchev–Trinajstić information content (AvgIpc) is 2.72. The SMILES string of the molecule is O=C(c1cc2ccccc2c(-c2cccc3ccccc23)c1O)C(F)(F)C(F)(F)F. The molecule has 0 unspecified atom stereocenters. The molecule has 0 bridgehead atoms. The maximum Gasteiger partial charge on any atom is 0.461 e. The molecule has 0 saturated heterocycles. The van der Waals surface area contributed by atoms with Gasteiger partial charge in [0.15, 0.2) is 0 Å². The Labute approximate surface area is 167 Å². The lowest BCUT2D eigenvalue weighted by Crippen LogP contribution is -2.44. The zero-order valence-electron chi connectivity index (χ0n) is 15.2. The minimum absolute atomic E-state index is 0.0197. The van der Waals surface area contributed by atoms with Crippen LogP contribution < -0.4 is 0 Å². The second-order valence-electron chi connectivity index (χ2n) is 6.80. The number of phenolic OH excluding ortho intramolecular Hbond substituents is 1. The Kier molecular flexibility index (Phi) is 4.49. The van der Waals surface area contributed by atoms with Crippen molar-refractivity contribution in [3.63, 3.8) is 0 Å². The number of aromatic hydroxyl groups is 1. The molecule has 4 rings (SSSR count). The molecule has 30 heavy (non-hydrogen) atoms. The smallest absolute Gasteiger partial charge is 0.461 e. The number of fused-ring (bicyclic) bond motifs is 2. The second-order valence-corrected chi connectivity index (χ2v) is 6.80. The van der Waals surface area contributed by atoms with Crippen molar-refractivity contribution in [2.45, 2.75) is 12.1 Å². The summed E-state index contributed by atoms with van der Waals surface area (Å²) in [7, 11) is 0. The molecule has 0 saturated carbocycles. The summed E-state index contributed by atoms with van der Waals surface area (Å²) in [6.07, 6.45) is -6.08. The first-order valence-corrected chi connectivity index (χ1v) is 8.85. The lowest BCUT2D eigenvalue weighted by Gasteiger charge is -2.20. The summed E-state index contributed by atoms with van der Waals surface area (Å²) in [5, 5.41) is 12.9. The summed E-state index contributed by atoms with van der Waals surface area (Å²) < 4.78 is 66.0. The summed E-state index contributed by atoms with van der Waals surface area (Å²) in [5.74, 6) is -9.05. The van der Waals surface area contributed by atoms with Gasteiger partial charge in [-0.1, -0.05) is 66.7 Å². The van der Waals surface area contributed by atoms with Gasteiger partial charge < -0.3 is 5.11 Å². The largest absolute Gasteiger partial charge is 0.507 e. The standard InChI is InChI=1S/C23H13F5O2/c24-22(25,23(26,27)28)21(30)18-12-14-7-2-4-10-16(14)19(20(18)29)17-11-5-8-13-6-1-3-9-15(13)17/h1-12,29H. The maximum absolute atomic E-state index is 13.8. The Morgan fingerprint density at radius 2 is 1.30 bits per heavy atom. The molecule has 4 aromatic carbocycles. The third-order valence-corrected chi connectivity index (χ3v) is 4.97. The third-order valence-electron chi connectivity index (χ3n) is 4.97. The van der Waals surface area contributed by atoms with Crippen LogP contribution in [-0.2, 0) is 0 Å². The van der Waals surface area contributed by atoms with E-state index in [2.05, 4.69) is 0 Å². The van der Waals surface area contributed by atoms with Gasteiger partial charge in [0.2, 0.25) is 5.78 Å². The Hall–Kier alpha value is -3.48. The lowest BCUT2D eigenvalue weighted by atomic mass is 9.89. The van der Waals surface area contributed by atoms with E-state index in [4.69, 9.17) is 0 Å². The first-order chi connectivity index (χ1) is 14.1. The van der Waals surface area contributed by atoms with E-state index in [0.717, 1.165) is 11.5 Å². The number of rotatable bonds is 3. The number of Topliss-reactive ketones (excluding diaryl/α,β-unsaturated/α-hetero) is 1. The second kappa shape index (κ2) is 6.79. The summed E-state index contributed by atoms with van der Waals surface area (Å²) in [6.45, 7) is 0. The molecule has 2 nitrogen and oxygen atoms in total. The molecular formula is C23H13F5O2. The normalized spacial score (nSPS) is 12.4. The molecule has 7 heteroatoms. The van der Waals surface area contributed by atoms with Crippen LogP contribution in [0.25, 0.3) is 32.7 Å². The van der Waals surface area contributed by atoms with E-state index < -0.39 is 29.2 Å². The van der Waals surface area contributed by atoms with Gasteiger partial charge in [0.05, 0.1) is 5.56 Å². The van der Waals surface area contributed by atoms with Gasteiger partial charge in [-0.15, -0.1) is 0 Å². The van der Waals surface area contributed by atoms with Gasteiger partial charge in [0.25, 0.3) is 0 Å². The predicted octanol–water partition coefficient (Wildman–Crippen LogP) is 6.75. The summed E-state index contributed by atoms with van der Waals surface area (Å²) in [5.41, 5.74) is -0.656. The maximum atomic E-state index is 13.8. The number of halogens is 5. The van der Waals surface area contributed by atoms with Crippen LogP contribution in [0.4, 0.5) is 22.0 Å². The van der Waals surface area contributed by atoms with Crippen molar-refractivity contribution in [2.24, 2.45) is 0 Å². The molecule has 0 spiro atoms. The van der Waals surface area contributed by atoms with Gasteiger partial charge in [0, 0.05) is 5.56 Å². The average molecular weight is 416 g/mol. The molecule has 0 aliphatic rings. The van der Waals surface area contributed by atoms with Crippen LogP contribution in [0.15, 0.2) is 72.8 Å². The van der Waals surface area contributed by atoms with E-state index in [0.29, 0.717) is 16.3 Å². The zero-order valence-corrected chi connectivity index (χ0v) is 15.2. The highest BCUT2D eigenvalue weighted by Gasteiger charge is 2.63. The minimum Gasteiger partial charge on any atom is -0.507 e. The predicted molar refractivity (Wildman–Crippen MR) is 104 cm³/mol. The Morgan fingerprint density at radius 3 is 1.97 bits per heavy atom. The van der Waals surface area contributed by atoms with Gasteiger partial charge in [-0.2, -0.15) is 22.0 Å². The number of benzene rings is 4. The highest BCUT2D eigenvalue weighted by molar-refractivity contribution is 6.14. The van der Waals surface area contributed by atoms with Gasteiger partial charge in [-0.3, -0.25) is 4.79 Å². The van der Waals surface area contributed by atoms with Gasteiger partial charge in [0.1, 0.15) is 5.75 Å². The monoisotopic (exact) mass is 416 g/mol. The van der Waals surface area contributed by atoms with Crippen LogP contribution in [0.1, 0.15) is 10.4 Å². The van der Waals surface area contributed by atoms with E-state index in [1.165, 1.54) is 6.07 Å². The summed E-state index contributed by atoms with van der Waals surface area (Å²) in [4.78, 5) is 12.2. The van der Waals surface area contributed by atoms with Crippen LogP contribution in [0.2, 0.25) is 0 Å². The number of carbonyl (C=O) groups is 1. The molecule has 0 aliphatic carbocycles. The molecular weight excluding hydrogens is 403 g/mol. The van der Waals surface area contributed by atoms with Crippen molar-refractivity contribution < 1.29 is 31.9 Å². The number of phenols is 1. The topological polar surface area (TPSA) is 37.3 Å². The fourth-order valence-electron chi connectivity index (χ4n) is 3.52. The highest BCUT2D eigenvalue weighted by Crippen LogP contribution is 2.45. The summed E-state index contributed by atoms with van der Waals surface area (Å²) >= 11 is 0. The number of ketones is 1. The molecule has 0 fully saturated rings. The zero-order chi connectivity index (χ0) is 21.7. The number of alkyl halides is 5. The number of carbonyl (C=O) groups excluding carboxylic acids is 1. The molecule has 152 valence electrons. The van der Waals surface area contributed by atoms with Crippen LogP contribution in [0.3, 0.4) is 0 Å². The fourth-order valence-corrected chi connectivity index (χ4v) is 3.52. The summed E-state index contributed by atoms with van der Waals surface area (Å²) in [6, 6.07) is 19.3. The quantitative estimate of drug-likeness (QED) is 0.296. The molecule has 4 aromatic rings. The van der Waals surface area contributed by atoms with Crippen LogP contribution >= 0.6 is 0 Å².